The highest BCUT2D eigenvalue weighted by molar-refractivity contribution is 6.23. The van der Waals surface area contributed by atoms with Gasteiger partial charge in [-0.15, -0.1) is 0 Å². The van der Waals surface area contributed by atoms with Gasteiger partial charge in [-0.3, -0.25) is 9.59 Å². The van der Waals surface area contributed by atoms with Gasteiger partial charge < -0.3 is 10.2 Å². The molecule has 52 valence electrons. The summed E-state index contributed by atoms with van der Waals surface area (Å²) in [6, 6.07) is 0. The lowest BCUT2D eigenvalue weighted by molar-refractivity contribution is -0.143. The maximum absolute atomic E-state index is 10.0. The molecule has 0 bridgehead atoms. The molecule has 0 aliphatic carbocycles. The molecule has 4 nitrogen and oxygen atoms in total. The third-order valence-electron chi connectivity index (χ3n) is 0.902. The summed E-state index contributed by atoms with van der Waals surface area (Å²) < 4.78 is 0. The minimum Gasteiger partial charge on any atom is -0.481 e. The van der Waals surface area contributed by atoms with Crippen LogP contribution in [-0.2, 0) is 9.59 Å². The maximum Gasteiger partial charge on any atom is 0.303 e. The predicted molar refractivity (Wildman–Crippen MR) is 33.6 cm³/mol. The SMILES string of the molecule is O=C(O)CC([SiH3])C(=O)O. The van der Waals surface area contributed by atoms with E-state index in [0.717, 1.165) is 0 Å². The van der Waals surface area contributed by atoms with Crippen LogP contribution in [0.5, 0.6) is 0 Å². The van der Waals surface area contributed by atoms with Crippen LogP contribution in [0, 0.1) is 0 Å². The zero-order valence-corrected chi connectivity index (χ0v) is 7.00. The number of hydrogen-bond acceptors (Lipinski definition) is 2. The van der Waals surface area contributed by atoms with Crippen LogP contribution in [0.4, 0.5) is 0 Å². The molecule has 0 spiro atoms. The van der Waals surface area contributed by atoms with E-state index in [4.69, 9.17) is 10.2 Å². The molecule has 0 saturated heterocycles. The van der Waals surface area contributed by atoms with Crippen LogP contribution >= 0.6 is 0 Å². The highest BCUT2D eigenvalue weighted by Gasteiger charge is 2.13. The van der Waals surface area contributed by atoms with Crippen molar-refractivity contribution in [1.29, 1.82) is 0 Å². The standard InChI is InChI=1S/C4H8O4Si/c5-3(6)1-2(9)4(7)8/h2H,1H2,9H3,(H,5,6)(H,7,8). The number of rotatable bonds is 3. The fourth-order valence-corrected chi connectivity index (χ4v) is 0.698. The zero-order valence-electron chi connectivity index (χ0n) is 5.00. The monoisotopic (exact) mass is 148 g/mol. The first-order chi connectivity index (χ1) is 4.04. The van der Waals surface area contributed by atoms with Gasteiger partial charge in [0.2, 0.25) is 0 Å². The minimum absolute atomic E-state index is 0.248. The molecule has 0 fully saturated rings. The van der Waals surface area contributed by atoms with Crippen molar-refractivity contribution in [3.05, 3.63) is 0 Å². The fourth-order valence-electron chi connectivity index (χ4n) is 0.349. The van der Waals surface area contributed by atoms with Crippen molar-refractivity contribution in [1.82, 2.24) is 0 Å². The van der Waals surface area contributed by atoms with E-state index in [2.05, 4.69) is 0 Å². The lowest BCUT2D eigenvalue weighted by Gasteiger charge is -1.98. The molecule has 0 amide bonds. The summed E-state index contributed by atoms with van der Waals surface area (Å²) >= 11 is 0. The zero-order chi connectivity index (χ0) is 7.44. The van der Waals surface area contributed by atoms with E-state index in [9.17, 15) is 9.59 Å². The van der Waals surface area contributed by atoms with Crippen LogP contribution in [0.3, 0.4) is 0 Å². The van der Waals surface area contributed by atoms with Crippen molar-refractivity contribution in [2.45, 2.75) is 12.0 Å². The molecule has 0 aromatic carbocycles. The molecule has 9 heavy (non-hydrogen) atoms. The molecule has 0 heterocycles. The molecular formula is C4H8O4Si. The molecule has 5 heteroatoms. The normalized spacial score (nSPS) is 12.9. The molecule has 0 radical (unpaired) electrons. The Labute approximate surface area is 54.9 Å². The average Bonchev–Trinajstić information content (AvgIpc) is 1.63. The van der Waals surface area contributed by atoms with Crippen molar-refractivity contribution >= 4 is 22.2 Å². The third-order valence-corrected chi connectivity index (χ3v) is 1.80. The summed E-state index contributed by atoms with van der Waals surface area (Å²) in [5.41, 5.74) is -0.650. The van der Waals surface area contributed by atoms with Crippen LogP contribution in [0.25, 0.3) is 0 Å². The Morgan fingerprint density at radius 3 is 2.00 bits per heavy atom. The van der Waals surface area contributed by atoms with Crippen LogP contribution in [0.15, 0.2) is 0 Å². The van der Waals surface area contributed by atoms with Crippen molar-refractivity contribution in [2.24, 2.45) is 0 Å². The summed E-state index contributed by atoms with van der Waals surface area (Å²) in [5, 5.41) is 16.3. The van der Waals surface area contributed by atoms with E-state index in [0.29, 0.717) is 10.2 Å². The van der Waals surface area contributed by atoms with Gasteiger partial charge in [0, 0.05) is 10.2 Å². The molecular weight excluding hydrogens is 140 g/mol. The van der Waals surface area contributed by atoms with E-state index in [1.54, 1.807) is 0 Å². The molecule has 0 aliphatic heterocycles. The summed E-state index contributed by atoms with van der Waals surface area (Å²) in [7, 11) is 0.391. The van der Waals surface area contributed by atoms with Crippen molar-refractivity contribution in [3.8, 4) is 0 Å². The molecule has 0 aliphatic rings. The van der Waals surface area contributed by atoms with Crippen molar-refractivity contribution in [2.75, 3.05) is 0 Å². The highest BCUT2D eigenvalue weighted by Crippen LogP contribution is 2.03. The van der Waals surface area contributed by atoms with E-state index in [1.165, 1.54) is 0 Å². The minimum atomic E-state index is -1.04. The van der Waals surface area contributed by atoms with Gasteiger partial charge in [0.1, 0.15) is 0 Å². The summed E-state index contributed by atoms with van der Waals surface area (Å²) in [6.45, 7) is 0. The molecule has 1 unspecified atom stereocenters. The maximum atomic E-state index is 10.0. The van der Waals surface area contributed by atoms with Gasteiger partial charge in [-0.2, -0.15) is 0 Å². The Hall–Kier alpha value is -0.843. The number of carboxylic acids is 2. The Kier molecular flexibility index (Phi) is 2.93. The quantitative estimate of drug-likeness (QED) is 0.488. The van der Waals surface area contributed by atoms with Crippen LogP contribution in [0.1, 0.15) is 6.42 Å². The second-order valence-electron chi connectivity index (χ2n) is 1.84. The molecule has 1 atom stereocenters. The van der Waals surface area contributed by atoms with Gasteiger partial charge >= 0.3 is 11.9 Å². The highest BCUT2D eigenvalue weighted by atomic mass is 28.1. The Balaban J connectivity index is 3.63. The first kappa shape index (κ1) is 8.16. The number of carboxylic acid groups (broad SMARTS) is 2. The lowest BCUT2D eigenvalue weighted by atomic mass is 10.3. The van der Waals surface area contributed by atoms with Gasteiger partial charge in [-0.1, -0.05) is 0 Å². The fraction of sp³-hybridized carbons (Fsp3) is 0.500. The van der Waals surface area contributed by atoms with Crippen molar-refractivity contribution in [3.63, 3.8) is 0 Å². The summed E-state index contributed by atoms with van der Waals surface area (Å²) in [4.78, 5) is 19.9. The van der Waals surface area contributed by atoms with Gasteiger partial charge in [-0.25, -0.2) is 0 Å². The van der Waals surface area contributed by atoms with E-state index < -0.39 is 17.5 Å². The Morgan fingerprint density at radius 2 is 1.89 bits per heavy atom. The second kappa shape index (κ2) is 3.24. The molecule has 0 aromatic heterocycles. The number of carbonyl (C=O) groups is 2. The van der Waals surface area contributed by atoms with Crippen LogP contribution in [-0.4, -0.2) is 32.4 Å². The lowest BCUT2D eigenvalue weighted by Crippen LogP contribution is -2.11. The van der Waals surface area contributed by atoms with E-state index >= 15 is 0 Å². The third kappa shape index (κ3) is 3.72. The van der Waals surface area contributed by atoms with E-state index in [1.807, 2.05) is 0 Å². The van der Waals surface area contributed by atoms with Gasteiger partial charge in [0.25, 0.3) is 0 Å². The Bertz CT molecular complexity index is 133. The first-order valence-electron chi connectivity index (χ1n) is 2.48. The van der Waals surface area contributed by atoms with Gasteiger partial charge in [-0.05, 0) is 0 Å². The predicted octanol–water partition coefficient (Wildman–Crippen LogP) is -1.30. The van der Waals surface area contributed by atoms with Crippen molar-refractivity contribution < 1.29 is 19.8 Å². The smallest absolute Gasteiger partial charge is 0.303 e. The topological polar surface area (TPSA) is 74.6 Å². The average molecular weight is 148 g/mol. The van der Waals surface area contributed by atoms with Crippen LogP contribution < -0.4 is 0 Å². The Morgan fingerprint density at radius 1 is 1.44 bits per heavy atom. The molecule has 0 aromatic rings. The summed E-state index contributed by atoms with van der Waals surface area (Å²) in [6.07, 6.45) is -0.248. The van der Waals surface area contributed by atoms with Gasteiger partial charge in [0.15, 0.2) is 0 Å². The molecule has 0 rings (SSSR count). The number of aliphatic carboxylic acids is 2. The van der Waals surface area contributed by atoms with Crippen LogP contribution in [0.2, 0.25) is 5.54 Å². The summed E-state index contributed by atoms with van der Waals surface area (Å²) in [5.74, 6) is -2.05. The molecule has 0 saturated carbocycles. The largest absolute Gasteiger partial charge is 0.481 e. The van der Waals surface area contributed by atoms with Gasteiger partial charge in [0.05, 0.1) is 12.0 Å². The molecule has 2 N–H and O–H groups in total. The number of hydrogen-bond donors (Lipinski definition) is 2. The van der Waals surface area contributed by atoms with E-state index in [-0.39, 0.29) is 6.42 Å². The first-order valence-corrected chi connectivity index (χ1v) is 3.64. The second-order valence-corrected chi connectivity index (χ2v) is 3.23.